The maximum absolute atomic E-state index is 12.1. The molecule has 0 atom stereocenters. The third-order valence-electron chi connectivity index (χ3n) is 3.48. The number of para-hydroxylation sites is 2. The molecule has 0 heterocycles. The molecule has 3 aromatic rings. The molecular formula is C20H16INO2. The Bertz CT molecular complexity index is 834. The summed E-state index contributed by atoms with van der Waals surface area (Å²) in [4.78, 5) is 12.1. The topological polar surface area (TPSA) is 38.3 Å². The van der Waals surface area contributed by atoms with Crippen molar-refractivity contribution < 1.29 is 9.53 Å². The van der Waals surface area contributed by atoms with Crippen LogP contribution in [-0.4, -0.2) is 12.5 Å². The fraction of sp³-hybridized carbons (Fsp3) is 0.0500. The molecule has 0 aliphatic rings. The number of rotatable bonds is 5. The van der Waals surface area contributed by atoms with Crippen molar-refractivity contribution in [1.82, 2.24) is 0 Å². The Balaban J connectivity index is 1.69. The maximum atomic E-state index is 12.1. The van der Waals surface area contributed by atoms with Gasteiger partial charge in [-0.15, -0.1) is 0 Å². The SMILES string of the molecule is O=C(COc1ccccc1-c1ccccc1)Nc1ccccc1I. The van der Waals surface area contributed by atoms with E-state index in [0.29, 0.717) is 5.75 Å². The lowest BCUT2D eigenvalue weighted by atomic mass is 10.1. The summed E-state index contributed by atoms with van der Waals surface area (Å²) in [6.07, 6.45) is 0. The van der Waals surface area contributed by atoms with Crippen LogP contribution in [0.2, 0.25) is 0 Å². The second kappa shape index (κ2) is 7.97. The highest BCUT2D eigenvalue weighted by atomic mass is 127. The first-order valence-corrected chi connectivity index (χ1v) is 8.63. The first-order chi connectivity index (χ1) is 11.7. The third kappa shape index (κ3) is 4.14. The summed E-state index contributed by atoms with van der Waals surface area (Å²) in [5.74, 6) is 0.517. The van der Waals surface area contributed by atoms with Gasteiger partial charge in [-0.1, -0.05) is 60.7 Å². The molecule has 0 unspecified atom stereocenters. The van der Waals surface area contributed by atoms with Crippen LogP contribution < -0.4 is 10.1 Å². The number of hydrogen-bond donors (Lipinski definition) is 1. The van der Waals surface area contributed by atoms with Crippen molar-refractivity contribution in [2.75, 3.05) is 11.9 Å². The zero-order valence-electron chi connectivity index (χ0n) is 12.9. The zero-order valence-corrected chi connectivity index (χ0v) is 15.1. The highest BCUT2D eigenvalue weighted by Gasteiger charge is 2.09. The average molecular weight is 429 g/mol. The summed E-state index contributed by atoms with van der Waals surface area (Å²) < 4.78 is 6.74. The van der Waals surface area contributed by atoms with Crippen LogP contribution in [0, 0.1) is 3.57 Å². The number of nitrogens with one attached hydrogen (secondary N) is 1. The number of carbonyl (C=O) groups excluding carboxylic acids is 1. The molecule has 0 saturated heterocycles. The van der Waals surface area contributed by atoms with Crippen molar-refractivity contribution in [3.8, 4) is 16.9 Å². The monoisotopic (exact) mass is 429 g/mol. The highest BCUT2D eigenvalue weighted by Crippen LogP contribution is 2.29. The Morgan fingerprint density at radius 3 is 2.33 bits per heavy atom. The number of halogens is 1. The van der Waals surface area contributed by atoms with Gasteiger partial charge in [-0.05, 0) is 46.4 Å². The van der Waals surface area contributed by atoms with Gasteiger partial charge in [-0.2, -0.15) is 0 Å². The van der Waals surface area contributed by atoms with E-state index in [-0.39, 0.29) is 12.5 Å². The van der Waals surface area contributed by atoms with E-state index in [1.54, 1.807) is 0 Å². The number of amides is 1. The Labute approximate surface area is 154 Å². The summed E-state index contributed by atoms with van der Waals surface area (Å²) in [7, 11) is 0. The lowest BCUT2D eigenvalue weighted by Crippen LogP contribution is -2.20. The van der Waals surface area contributed by atoms with E-state index in [1.165, 1.54) is 0 Å². The molecule has 1 N–H and O–H groups in total. The van der Waals surface area contributed by atoms with Crippen LogP contribution in [0.25, 0.3) is 11.1 Å². The van der Waals surface area contributed by atoms with E-state index in [0.717, 1.165) is 20.4 Å². The summed E-state index contributed by atoms with van der Waals surface area (Å²) >= 11 is 2.19. The standard InChI is InChI=1S/C20H16INO2/c21-17-11-5-6-12-18(17)22-20(23)14-24-19-13-7-4-10-16(19)15-8-2-1-3-9-15/h1-13H,14H2,(H,22,23). The lowest BCUT2D eigenvalue weighted by Gasteiger charge is -2.12. The van der Waals surface area contributed by atoms with E-state index < -0.39 is 0 Å². The molecular weight excluding hydrogens is 413 g/mol. The van der Waals surface area contributed by atoms with Crippen molar-refractivity contribution >= 4 is 34.2 Å². The van der Waals surface area contributed by atoms with Gasteiger partial charge in [-0.25, -0.2) is 0 Å². The van der Waals surface area contributed by atoms with Gasteiger partial charge >= 0.3 is 0 Å². The molecule has 4 heteroatoms. The molecule has 3 nitrogen and oxygen atoms in total. The molecule has 0 fully saturated rings. The summed E-state index contributed by atoms with van der Waals surface area (Å²) in [6.45, 7) is -0.0329. The molecule has 120 valence electrons. The summed E-state index contributed by atoms with van der Waals surface area (Å²) in [5.41, 5.74) is 2.83. The minimum absolute atomic E-state index is 0.0329. The molecule has 1 amide bonds. The lowest BCUT2D eigenvalue weighted by molar-refractivity contribution is -0.118. The van der Waals surface area contributed by atoms with E-state index >= 15 is 0 Å². The number of hydrogen-bond acceptors (Lipinski definition) is 2. The van der Waals surface area contributed by atoms with E-state index in [9.17, 15) is 4.79 Å². The Kier molecular flexibility index (Phi) is 5.48. The van der Waals surface area contributed by atoms with Gasteiger partial charge in [-0.3, -0.25) is 4.79 Å². The van der Waals surface area contributed by atoms with E-state index in [1.807, 2.05) is 78.9 Å². The van der Waals surface area contributed by atoms with Gasteiger partial charge < -0.3 is 10.1 Å². The molecule has 3 rings (SSSR count). The Morgan fingerprint density at radius 2 is 1.54 bits per heavy atom. The minimum atomic E-state index is -0.179. The molecule has 0 bridgehead atoms. The molecule has 24 heavy (non-hydrogen) atoms. The van der Waals surface area contributed by atoms with Gasteiger partial charge in [0, 0.05) is 9.13 Å². The summed E-state index contributed by atoms with van der Waals surface area (Å²) in [5, 5.41) is 2.87. The highest BCUT2D eigenvalue weighted by molar-refractivity contribution is 14.1. The van der Waals surface area contributed by atoms with Crippen molar-refractivity contribution in [3.63, 3.8) is 0 Å². The van der Waals surface area contributed by atoms with Crippen molar-refractivity contribution in [1.29, 1.82) is 0 Å². The van der Waals surface area contributed by atoms with Crippen LogP contribution in [0.15, 0.2) is 78.9 Å². The van der Waals surface area contributed by atoms with Crippen molar-refractivity contribution in [2.45, 2.75) is 0 Å². The van der Waals surface area contributed by atoms with Crippen LogP contribution in [-0.2, 0) is 4.79 Å². The van der Waals surface area contributed by atoms with Crippen molar-refractivity contribution in [3.05, 3.63) is 82.4 Å². The van der Waals surface area contributed by atoms with Gasteiger partial charge in [0.05, 0.1) is 5.69 Å². The van der Waals surface area contributed by atoms with Crippen LogP contribution in [0.1, 0.15) is 0 Å². The summed E-state index contributed by atoms with van der Waals surface area (Å²) in [6, 6.07) is 25.4. The van der Waals surface area contributed by atoms with Gasteiger partial charge in [0.15, 0.2) is 6.61 Å². The van der Waals surface area contributed by atoms with Crippen LogP contribution in [0.4, 0.5) is 5.69 Å². The molecule has 0 saturated carbocycles. The predicted octanol–water partition coefficient (Wildman–Crippen LogP) is 4.98. The van der Waals surface area contributed by atoms with Crippen LogP contribution >= 0.6 is 22.6 Å². The largest absolute Gasteiger partial charge is 0.483 e. The molecule has 0 spiro atoms. The van der Waals surface area contributed by atoms with Crippen LogP contribution in [0.5, 0.6) is 5.75 Å². The van der Waals surface area contributed by atoms with Gasteiger partial charge in [0.25, 0.3) is 5.91 Å². The molecule has 0 aromatic heterocycles. The second-order valence-corrected chi connectivity index (χ2v) is 6.34. The van der Waals surface area contributed by atoms with E-state index in [4.69, 9.17) is 4.74 Å². The predicted molar refractivity (Wildman–Crippen MR) is 105 cm³/mol. The van der Waals surface area contributed by atoms with E-state index in [2.05, 4.69) is 27.9 Å². The quantitative estimate of drug-likeness (QED) is 0.582. The average Bonchev–Trinajstić information content (AvgIpc) is 2.63. The number of ether oxygens (including phenoxy) is 1. The van der Waals surface area contributed by atoms with Gasteiger partial charge in [0.1, 0.15) is 5.75 Å². The first kappa shape index (κ1) is 16.5. The minimum Gasteiger partial charge on any atom is -0.483 e. The number of benzene rings is 3. The molecule has 0 aliphatic carbocycles. The fourth-order valence-electron chi connectivity index (χ4n) is 2.34. The Hall–Kier alpha value is -2.34. The second-order valence-electron chi connectivity index (χ2n) is 5.18. The zero-order chi connectivity index (χ0) is 16.8. The normalized spacial score (nSPS) is 10.2. The van der Waals surface area contributed by atoms with Gasteiger partial charge in [0.2, 0.25) is 0 Å². The fourth-order valence-corrected chi connectivity index (χ4v) is 2.86. The molecule has 0 radical (unpaired) electrons. The van der Waals surface area contributed by atoms with Crippen molar-refractivity contribution in [2.24, 2.45) is 0 Å². The first-order valence-electron chi connectivity index (χ1n) is 7.55. The number of anilines is 1. The maximum Gasteiger partial charge on any atom is 0.262 e. The Morgan fingerprint density at radius 1 is 0.875 bits per heavy atom. The molecule has 3 aromatic carbocycles. The number of carbonyl (C=O) groups is 1. The third-order valence-corrected chi connectivity index (χ3v) is 4.42. The smallest absolute Gasteiger partial charge is 0.262 e. The molecule has 0 aliphatic heterocycles. The van der Waals surface area contributed by atoms with Crippen LogP contribution in [0.3, 0.4) is 0 Å².